The van der Waals surface area contributed by atoms with Gasteiger partial charge in [0.25, 0.3) is 11.8 Å². The summed E-state index contributed by atoms with van der Waals surface area (Å²) in [7, 11) is 0. The Hall–Kier alpha value is -3.97. The van der Waals surface area contributed by atoms with Crippen LogP contribution in [-0.4, -0.2) is 23.1 Å². The van der Waals surface area contributed by atoms with E-state index in [1.54, 1.807) is 48.5 Å². The van der Waals surface area contributed by atoms with Crippen LogP contribution in [0.2, 0.25) is 0 Å². The minimum absolute atomic E-state index is 0.0685. The number of aromatic hydroxyl groups is 1. The molecule has 0 radical (unpaired) electrons. The molecule has 158 valence electrons. The maximum Gasteiger partial charge on any atom is 0.271 e. The van der Waals surface area contributed by atoms with E-state index in [1.165, 1.54) is 6.21 Å². The summed E-state index contributed by atoms with van der Waals surface area (Å²) in [5.74, 6) is -0.660. The van der Waals surface area contributed by atoms with E-state index >= 15 is 0 Å². The van der Waals surface area contributed by atoms with E-state index in [1.807, 2.05) is 36.4 Å². The van der Waals surface area contributed by atoms with E-state index in [2.05, 4.69) is 31.8 Å². The van der Waals surface area contributed by atoms with Gasteiger partial charge in [0.1, 0.15) is 5.75 Å². The van der Waals surface area contributed by atoms with Crippen molar-refractivity contribution in [2.75, 3.05) is 5.32 Å². The van der Waals surface area contributed by atoms with Gasteiger partial charge in [0.05, 0.1) is 6.21 Å². The van der Waals surface area contributed by atoms with Crippen LogP contribution >= 0.6 is 15.9 Å². The Morgan fingerprint density at radius 1 is 0.844 bits per heavy atom. The van der Waals surface area contributed by atoms with Crippen LogP contribution in [-0.2, 0) is 0 Å². The highest BCUT2D eigenvalue weighted by Crippen LogP contribution is 2.25. The van der Waals surface area contributed by atoms with Crippen LogP contribution in [0.25, 0.3) is 10.8 Å². The molecule has 0 aromatic heterocycles. The average molecular weight is 488 g/mol. The Balaban J connectivity index is 1.47. The van der Waals surface area contributed by atoms with Crippen molar-refractivity contribution in [3.05, 3.63) is 106 Å². The number of halogens is 1. The number of hydrogen-bond donors (Lipinski definition) is 3. The second-order valence-corrected chi connectivity index (χ2v) is 7.88. The fourth-order valence-electron chi connectivity index (χ4n) is 3.21. The molecule has 0 heterocycles. The van der Waals surface area contributed by atoms with Gasteiger partial charge in [-0.15, -0.1) is 0 Å². The zero-order valence-corrected chi connectivity index (χ0v) is 18.3. The van der Waals surface area contributed by atoms with E-state index in [4.69, 9.17) is 0 Å². The number of rotatable bonds is 5. The zero-order valence-electron chi connectivity index (χ0n) is 16.7. The minimum atomic E-state index is -0.445. The number of carbonyl (C=O) groups excluding carboxylic acids is 2. The molecule has 7 heteroatoms. The Kier molecular flexibility index (Phi) is 6.28. The molecule has 0 aliphatic rings. The molecule has 6 nitrogen and oxygen atoms in total. The third kappa shape index (κ3) is 4.84. The fraction of sp³-hybridized carbons (Fsp3) is 0. The van der Waals surface area contributed by atoms with Crippen molar-refractivity contribution in [3.63, 3.8) is 0 Å². The molecule has 0 aliphatic carbocycles. The molecular formula is C25H18BrN3O3. The predicted octanol–water partition coefficient (Wildman–Crippen LogP) is 5.32. The highest BCUT2D eigenvalue weighted by molar-refractivity contribution is 9.10. The Bertz CT molecular complexity index is 1350. The fourth-order valence-corrected chi connectivity index (χ4v) is 3.61. The first kappa shape index (κ1) is 21.3. The van der Waals surface area contributed by atoms with Crippen LogP contribution in [0.5, 0.6) is 5.75 Å². The highest BCUT2D eigenvalue weighted by atomic mass is 79.9. The van der Waals surface area contributed by atoms with E-state index < -0.39 is 5.91 Å². The Morgan fingerprint density at radius 2 is 1.59 bits per heavy atom. The molecule has 0 aliphatic heterocycles. The number of anilines is 1. The number of benzene rings is 4. The van der Waals surface area contributed by atoms with E-state index in [9.17, 15) is 14.7 Å². The summed E-state index contributed by atoms with van der Waals surface area (Å²) in [6.45, 7) is 0. The smallest absolute Gasteiger partial charge is 0.271 e. The predicted molar refractivity (Wildman–Crippen MR) is 129 cm³/mol. The van der Waals surface area contributed by atoms with Crippen molar-refractivity contribution in [3.8, 4) is 5.75 Å². The number of phenolic OH excluding ortho intramolecular Hbond substituents is 1. The average Bonchev–Trinajstić information content (AvgIpc) is 2.80. The summed E-state index contributed by atoms with van der Waals surface area (Å²) in [4.78, 5) is 25.0. The molecule has 0 saturated carbocycles. The maximum absolute atomic E-state index is 12.5. The molecular weight excluding hydrogens is 470 g/mol. The summed E-state index contributed by atoms with van der Waals surface area (Å²) in [5, 5.41) is 18.7. The quantitative estimate of drug-likeness (QED) is 0.262. The Labute approximate surface area is 192 Å². The maximum atomic E-state index is 12.5. The molecule has 4 aromatic carbocycles. The third-order valence-electron chi connectivity index (χ3n) is 4.78. The number of amides is 2. The van der Waals surface area contributed by atoms with E-state index in [-0.39, 0.29) is 11.7 Å². The van der Waals surface area contributed by atoms with Crippen molar-refractivity contribution >= 4 is 50.4 Å². The Morgan fingerprint density at radius 3 is 2.41 bits per heavy atom. The standard InChI is InChI=1S/C25H18BrN3O3/c26-19-8-3-6-17(13-19)24(31)28-20-9-4-7-18(14-20)25(32)29-27-15-22-21-10-2-1-5-16(21)11-12-23(22)30/h1-15,30H,(H,28,31)(H,29,32)/b27-15-. The van der Waals surface area contributed by atoms with Crippen molar-refractivity contribution < 1.29 is 14.7 Å². The number of hydrogen-bond acceptors (Lipinski definition) is 4. The second kappa shape index (κ2) is 9.45. The number of phenols is 1. The van der Waals surface area contributed by atoms with Gasteiger partial charge in [-0.1, -0.05) is 58.4 Å². The summed E-state index contributed by atoms with van der Waals surface area (Å²) in [6, 6.07) is 24.6. The number of fused-ring (bicyclic) bond motifs is 1. The van der Waals surface area contributed by atoms with E-state index in [0.717, 1.165) is 15.2 Å². The minimum Gasteiger partial charge on any atom is -0.507 e. The second-order valence-electron chi connectivity index (χ2n) is 6.96. The van der Waals surface area contributed by atoms with Crippen LogP contribution in [0.15, 0.2) is 94.5 Å². The van der Waals surface area contributed by atoms with Crippen LogP contribution in [0, 0.1) is 0 Å². The van der Waals surface area contributed by atoms with Gasteiger partial charge >= 0.3 is 0 Å². The normalized spacial score (nSPS) is 10.9. The molecule has 4 rings (SSSR count). The van der Waals surface area contributed by atoms with Gasteiger partial charge < -0.3 is 10.4 Å². The van der Waals surface area contributed by atoms with E-state index in [0.29, 0.717) is 22.4 Å². The first-order chi connectivity index (χ1) is 15.5. The zero-order chi connectivity index (χ0) is 22.5. The van der Waals surface area contributed by atoms with Gasteiger partial charge in [-0.3, -0.25) is 9.59 Å². The van der Waals surface area contributed by atoms with Gasteiger partial charge in [-0.05, 0) is 53.2 Å². The summed E-state index contributed by atoms with van der Waals surface area (Å²) in [6.07, 6.45) is 1.41. The molecule has 3 N–H and O–H groups in total. The number of nitrogens with one attached hydrogen (secondary N) is 2. The summed E-state index contributed by atoms with van der Waals surface area (Å²) >= 11 is 3.34. The van der Waals surface area contributed by atoms with Crippen LogP contribution in [0.1, 0.15) is 26.3 Å². The SMILES string of the molecule is O=C(N/N=C\c1c(O)ccc2ccccc12)c1cccc(NC(=O)c2cccc(Br)c2)c1. The number of carbonyl (C=O) groups is 2. The van der Waals surface area contributed by atoms with Crippen molar-refractivity contribution in [2.45, 2.75) is 0 Å². The number of nitrogens with zero attached hydrogens (tertiary/aromatic N) is 1. The molecule has 0 saturated heterocycles. The molecule has 0 atom stereocenters. The lowest BCUT2D eigenvalue weighted by Crippen LogP contribution is -2.18. The van der Waals surface area contributed by atoms with Crippen LogP contribution in [0.3, 0.4) is 0 Å². The van der Waals surface area contributed by atoms with Crippen LogP contribution < -0.4 is 10.7 Å². The lowest BCUT2D eigenvalue weighted by Gasteiger charge is -2.08. The largest absolute Gasteiger partial charge is 0.507 e. The summed E-state index contributed by atoms with van der Waals surface area (Å²) < 4.78 is 0.799. The van der Waals surface area contributed by atoms with Gasteiger partial charge in [0, 0.05) is 26.9 Å². The molecule has 4 aromatic rings. The first-order valence-corrected chi connectivity index (χ1v) is 10.5. The van der Waals surface area contributed by atoms with Gasteiger partial charge in [-0.25, -0.2) is 5.43 Å². The lowest BCUT2D eigenvalue weighted by atomic mass is 10.0. The molecule has 2 amide bonds. The molecule has 0 unspecified atom stereocenters. The van der Waals surface area contributed by atoms with Crippen molar-refractivity contribution in [1.82, 2.24) is 5.43 Å². The molecule has 32 heavy (non-hydrogen) atoms. The third-order valence-corrected chi connectivity index (χ3v) is 5.27. The van der Waals surface area contributed by atoms with Crippen LogP contribution in [0.4, 0.5) is 5.69 Å². The lowest BCUT2D eigenvalue weighted by molar-refractivity contribution is 0.0953. The summed E-state index contributed by atoms with van der Waals surface area (Å²) in [5.41, 5.74) is 4.28. The van der Waals surface area contributed by atoms with Gasteiger partial charge in [0.15, 0.2) is 0 Å². The molecule has 0 spiro atoms. The first-order valence-electron chi connectivity index (χ1n) is 9.72. The van der Waals surface area contributed by atoms with Crippen molar-refractivity contribution in [1.29, 1.82) is 0 Å². The van der Waals surface area contributed by atoms with Crippen molar-refractivity contribution in [2.24, 2.45) is 5.10 Å². The van der Waals surface area contributed by atoms with Gasteiger partial charge in [-0.2, -0.15) is 5.10 Å². The topological polar surface area (TPSA) is 90.8 Å². The highest BCUT2D eigenvalue weighted by Gasteiger charge is 2.10. The molecule has 0 bridgehead atoms. The molecule has 0 fully saturated rings. The monoisotopic (exact) mass is 487 g/mol. The van der Waals surface area contributed by atoms with Gasteiger partial charge in [0.2, 0.25) is 0 Å². The number of hydrazone groups is 1.